The number of benzene rings is 2. The fraction of sp³-hybridized carbons (Fsp3) is 0.346. The number of carbonyl (C=O) groups excluding carboxylic acids is 2. The highest BCUT2D eigenvalue weighted by Crippen LogP contribution is 2.21. The van der Waals surface area contributed by atoms with Gasteiger partial charge in [-0.2, -0.15) is 5.10 Å². The molecule has 32 heavy (non-hydrogen) atoms. The van der Waals surface area contributed by atoms with Gasteiger partial charge in [0, 0.05) is 17.8 Å². The molecule has 0 aliphatic rings. The van der Waals surface area contributed by atoms with Crippen LogP contribution in [0.3, 0.4) is 0 Å². The fourth-order valence-electron chi connectivity index (χ4n) is 3.48. The lowest BCUT2D eigenvalue weighted by atomic mass is 10.1. The Kier molecular flexibility index (Phi) is 8.20. The minimum Gasteiger partial charge on any atom is -0.461 e. The molecule has 1 N–H and O–H groups in total. The van der Waals surface area contributed by atoms with Crippen molar-refractivity contribution in [3.63, 3.8) is 0 Å². The standard InChI is InChI=1S/C26H31N3O3/c1-4-32-26(31)23-18-24(19(2)3)29(28-23)22-15-13-21(14-16-22)25(30)27-17-9-8-12-20-10-6-5-7-11-20/h5-7,10-11,13-16,18-19H,4,8-9,12,17H2,1-3H3,(H,27,30). The van der Waals surface area contributed by atoms with Crippen LogP contribution in [0.15, 0.2) is 60.7 Å². The summed E-state index contributed by atoms with van der Waals surface area (Å²) < 4.78 is 6.81. The van der Waals surface area contributed by atoms with Crippen molar-refractivity contribution in [1.29, 1.82) is 0 Å². The summed E-state index contributed by atoms with van der Waals surface area (Å²) in [6.45, 7) is 6.81. The second-order valence-corrected chi connectivity index (χ2v) is 7.99. The number of ether oxygens (including phenoxy) is 1. The molecule has 0 bridgehead atoms. The Balaban J connectivity index is 1.58. The molecule has 168 valence electrons. The Morgan fingerprint density at radius 1 is 1.03 bits per heavy atom. The van der Waals surface area contributed by atoms with E-state index < -0.39 is 5.97 Å². The van der Waals surface area contributed by atoms with Crippen molar-refractivity contribution in [3.8, 4) is 5.69 Å². The van der Waals surface area contributed by atoms with E-state index in [9.17, 15) is 9.59 Å². The third-order valence-electron chi connectivity index (χ3n) is 5.21. The third kappa shape index (κ3) is 6.06. The fourth-order valence-corrected chi connectivity index (χ4v) is 3.48. The van der Waals surface area contributed by atoms with Crippen molar-refractivity contribution in [2.75, 3.05) is 13.2 Å². The summed E-state index contributed by atoms with van der Waals surface area (Å²) in [6, 6.07) is 19.4. The van der Waals surface area contributed by atoms with Crippen LogP contribution in [0.1, 0.15) is 71.6 Å². The average molecular weight is 434 g/mol. The number of unbranched alkanes of at least 4 members (excludes halogenated alkanes) is 1. The lowest BCUT2D eigenvalue weighted by molar-refractivity contribution is 0.0518. The van der Waals surface area contributed by atoms with E-state index in [1.165, 1.54) is 5.56 Å². The number of amides is 1. The van der Waals surface area contributed by atoms with Gasteiger partial charge in [0.2, 0.25) is 0 Å². The number of esters is 1. The first kappa shape index (κ1) is 23.3. The third-order valence-corrected chi connectivity index (χ3v) is 5.21. The van der Waals surface area contributed by atoms with Gasteiger partial charge in [0.05, 0.1) is 12.3 Å². The first-order valence-electron chi connectivity index (χ1n) is 11.2. The maximum absolute atomic E-state index is 12.5. The maximum Gasteiger partial charge on any atom is 0.358 e. The van der Waals surface area contributed by atoms with Crippen LogP contribution in [-0.4, -0.2) is 34.8 Å². The highest BCUT2D eigenvalue weighted by atomic mass is 16.5. The average Bonchev–Trinajstić information content (AvgIpc) is 3.26. The number of carbonyl (C=O) groups is 2. The van der Waals surface area contributed by atoms with Gasteiger partial charge in [-0.15, -0.1) is 0 Å². The molecule has 0 aliphatic heterocycles. The SMILES string of the molecule is CCOC(=O)c1cc(C(C)C)n(-c2ccc(C(=O)NCCCCc3ccccc3)cc2)n1. The van der Waals surface area contributed by atoms with E-state index in [-0.39, 0.29) is 17.5 Å². The molecule has 0 spiro atoms. The lowest BCUT2D eigenvalue weighted by Crippen LogP contribution is -2.24. The predicted molar refractivity (Wildman–Crippen MR) is 125 cm³/mol. The molecule has 0 radical (unpaired) electrons. The molecule has 1 aromatic heterocycles. The minimum absolute atomic E-state index is 0.0898. The molecular weight excluding hydrogens is 402 g/mol. The van der Waals surface area contributed by atoms with E-state index in [1.807, 2.05) is 44.2 Å². The quantitative estimate of drug-likeness (QED) is 0.364. The molecule has 1 amide bonds. The largest absolute Gasteiger partial charge is 0.461 e. The summed E-state index contributed by atoms with van der Waals surface area (Å²) in [6.07, 6.45) is 2.98. The van der Waals surface area contributed by atoms with Crippen LogP contribution >= 0.6 is 0 Å². The van der Waals surface area contributed by atoms with Gasteiger partial charge < -0.3 is 10.1 Å². The van der Waals surface area contributed by atoms with Crippen LogP contribution in [0.2, 0.25) is 0 Å². The number of aromatic nitrogens is 2. The zero-order valence-corrected chi connectivity index (χ0v) is 19.0. The van der Waals surface area contributed by atoms with Crippen molar-refractivity contribution >= 4 is 11.9 Å². The molecule has 0 fully saturated rings. The van der Waals surface area contributed by atoms with Crippen LogP contribution in [0, 0.1) is 0 Å². The number of hydrogen-bond acceptors (Lipinski definition) is 4. The van der Waals surface area contributed by atoms with E-state index in [1.54, 1.807) is 29.8 Å². The summed E-state index contributed by atoms with van der Waals surface area (Å²) in [5.41, 5.74) is 3.90. The van der Waals surface area contributed by atoms with E-state index in [4.69, 9.17) is 4.74 Å². The van der Waals surface area contributed by atoms with Crippen molar-refractivity contribution < 1.29 is 14.3 Å². The Bertz CT molecular complexity index is 1020. The summed E-state index contributed by atoms with van der Waals surface area (Å²) in [7, 11) is 0. The normalized spacial score (nSPS) is 10.9. The molecule has 3 rings (SSSR count). The van der Waals surface area contributed by atoms with Gasteiger partial charge in [0.25, 0.3) is 5.91 Å². The number of hydrogen-bond donors (Lipinski definition) is 1. The van der Waals surface area contributed by atoms with Gasteiger partial charge in [0.1, 0.15) is 0 Å². The highest BCUT2D eigenvalue weighted by Gasteiger charge is 2.18. The van der Waals surface area contributed by atoms with Gasteiger partial charge in [-0.1, -0.05) is 44.2 Å². The number of nitrogens with zero attached hydrogens (tertiary/aromatic N) is 2. The van der Waals surface area contributed by atoms with E-state index >= 15 is 0 Å². The van der Waals surface area contributed by atoms with Gasteiger partial charge in [0.15, 0.2) is 5.69 Å². The van der Waals surface area contributed by atoms with Gasteiger partial charge >= 0.3 is 5.97 Å². The van der Waals surface area contributed by atoms with Gasteiger partial charge in [-0.3, -0.25) is 4.79 Å². The zero-order valence-electron chi connectivity index (χ0n) is 19.0. The van der Waals surface area contributed by atoms with Crippen LogP contribution in [0.25, 0.3) is 5.69 Å². The van der Waals surface area contributed by atoms with Crippen LogP contribution in [0.4, 0.5) is 0 Å². The molecule has 6 nitrogen and oxygen atoms in total. The molecule has 0 saturated heterocycles. The van der Waals surface area contributed by atoms with Crippen LogP contribution in [-0.2, 0) is 11.2 Å². The Morgan fingerprint density at radius 3 is 2.41 bits per heavy atom. The molecule has 6 heteroatoms. The Morgan fingerprint density at radius 2 is 1.75 bits per heavy atom. The topological polar surface area (TPSA) is 73.2 Å². The smallest absolute Gasteiger partial charge is 0.358 e. The highest BCUT2D eigenvalue weighted by molar-refractivity contribution is 5.94. The first-order valence-corrected chi connectivity index (χ1v) is 11.2. The predicted octanol–water partition coefficient (Wildman–Crippen LogP) is 4.93. The summed E-state index contributed by atoms with van der Waals surface area (Å²) in [5.74, 6) is -0.353. The Labute approximate surface area is 189 Å². The first-order chi connectivity index (χ1) is 15.5. The van der Waals surface area contributed by atoms with Gasteiger partial charge in [-0.25, -0.2) is 9.48 Å². The summed E-state index contributed by atoms with van der Waals surface area (Å²) in [5, 5.41) is 7.42. The van der Waals surface area contributed by atoms with Crippen molar-refractivity contribution in [1.82, 2.24) is 15.1 Å². The number of rotatable bonds is 10. The van der Waals surface area contributed by atoms with E-state index in [0.717, 1.165) is 30.6 Å². The summed E-state index contributed by atoms with van der Waals surface area (Å²) >= 11 is 0. The molecule has 3 aromatic rings. The molecule has 0 aliphatic carbocycles. The molecule has 1 heterocycles. The van der Waals surface area contributed by atoms with Crippen molar-refractivity contribution in [2.45, 2.75) is 46.0 Å². The Hall–Kier alpha value is -3.41. The van der Waals surface area contributed by atoms with Gasteiger partial charge in [-0.05, 0) is 68.0 Å². The number of aryl methyl sites for hydroxylation is 1. The second-order valence-electron chi connectivity index (χ2n) is 7.99. The summed E-state index contributed by atoms with van der Waals surface area (Å²) in [4.78, 5) is 24.6. The molecule has 0 atom stereocenters. The van der Waals surface area contributed by atoms with Crippen LogP contribution in [0.5, 0.6) is 0 Å². The van der Waals surface area contributed by atoms with Crippen molar-refractivity contribution in [2.24, 2.45) is 0 Å². The molecule has 0 saturated carbocycles. The maximum atomic E-state index is 12.5. The van der Waals surface area contributed by atoms with E-state index in [2.05, 4.69) is 22.5 Å². The second kappa shape index (κ2) is 11.3. The molecule has 2 aromatic carbocycles. The monoisotopic (exact) mass is 433 g/mol. The minimum atomic E-state index is -0.434. The van der Waals surface area contributed by atoms with E-state index in [0.29, 0.717) is 18.7 Å². The zero-order chi connectivity index (χ0) is 22.9. The number of nitrogens with one attached hydrogen (secondary N) is 1. The van der Waals surface area contributed by atoms with Crippen molar-refractivity contribution in [3.05, 3.63) is 83.2 Å². The molecule has 0 unspecified atom stereocenters. The van der Waals surface area contributed by atoms with Crippen LogP contribution < -0.4 is 5.32 Å². The lowest BCUT2D eigenvalue weighted by Gasteiger charge is -2.11. The molecular formula is C26H31N3O3.